The van der Waals surface area contributed by atoms with E-state index >= 15 is 0 Å². The number of rotatable bonds is 3. The van der Waals surface area contributed by atoms with E-state index in [4.69, 9.17) is 5.73 Å². The minimum atomic E-state index is -0.519. The van der Waals surface area contributed by atoms with E-state index in [9.17, 15) is 4.79 Å². The van der Waals surface area contributed by atoms with E-state index in [1.54, 1.807) is 12.3 Å². The van der Waals surface area contributed by atoms with E-state index in [1.807, 2.05) is 26.0 Å². The van der Waals surface area contributed by atoms with Crippen molar-refractivity contribution >= 4 is 17.4 Å². The molecule has 2 aromatic rings. The van der Waals surface area contributed by atoms with Gasteiger partial charge < -0.3 is 11.1 Å². The number of nitrogens with two attached hydrogens (primary N) is 1. The first-order chi connectivity index (χ1) is 8.56. The maximum atomic E-state index is 11.3. The Morgan fingerprint density at radius 2 is 2.11 bits per heavy atom. The Morgan fingerprint density at radius 3 is 2.78 bits per heavy atom. The van der Waals surface area contributed by atoms with Gasteiger partial charge in [0.15, 0.2) is 0 Å². The highest BCUT2D eigenvalue weighted by Crippen LogP contribution is 2.19. The molecular formula is C13H14N4O. The van der Waals surface area contributed by atoms with Crippen LogP contribution in [0.2, 0.25) is 0 Å². The number of nitrogens with zero attached hydrogens (tertiary/aromatic N) is 2. The summed E-state index contributed by atoms with van der Waals surface area (Å²) in [6.45, 7) is 3.90. The van der Waals surface area contributed by atoms with Crippen LogP contribution in [0.4, 0.5) is 11.5 Å². The van der Waals surface area contributed by atoms with Gasteiger partial charge in [0.1, 0.15) is 5.82 Å². The molecule has 3 N–H and O–H groups in total. The summed E-state index contributed by atoms with van der Waals surface area (Å²) in [6.07, 6.45) is 3.03. The van der Waals surface area contributed by atoms with Crippen LogP contribution in [0.3, 0.4) is 0 Å². The van der Waals surface area contributed by atoms with Crippen molar-refractivity contribution in [3.8, 4) is 0 Å². The molecule has 5 heteroatoms. The fourth-order valence-corrected chi connectivity index (χ4v) is 1.74. The summed E-state index contributed by atoms with van der Waals surface area (Å²) in [6, 6.07) is 5.57. The number of hydrogen-bond donors (Lipinski definition) is 2. The van der Waals surface area contributed by atoms with Crippen LogP contribution >= 0.6 is 0 Å². The molecule has 0 atom stereocenters. The molecule has 92 valence electrons. The molecule has 0 aromatic carbocycles. The van der Waals surface area contributed by atoms with Crippen molar-refractivity contribution in [1.82, 2.24) is 9.97 Å². The van der Waals surface area contributed by atoms with E-state index in [1.165, 1.54) is 6.20 Å². The van der Waals surface area contributed by atoms with E-state index in [0.717, 1.165) is 11.3 Å². The first kappa shape index (κ1) is 12.0. The summed E-state index contributed by atoms with van der Waals surface area (Å²) in [5.74, 6) is 0.163. The standard InChI is InChI=1S/C13H14N4O/c1-8-5-9(2)16-12(6-8)17-11-3-4-15-7-10(11)13(14)18/h3-7H,1-2H3,(H2,14,18)(H,15,16,17). The topological polar surface area (TPSA) is 80.9 Å². The van der Waals surface area contributed by atoms with Gasteiger partial charge in [-0.25, -0.2) is 4.98 Å². The van der Waals surface area contributed by atoms with Crippen LogP contribution in [-0.2, 0) is 0 Å². The highest BCUT2D eigenvalue weighted by molar-refractivity contribution is 5.98. The van der Waals surface area contributed by atoms with Crippen molar-refractivity contribution < 1.29 is 4.79 Å². The summed E-state index contributed by atoms with van der Waals surface area (Å²) in [7, 11) is 0. The second-order valence-corrected chi connectivity index (χ2v) is 4.08. The van der Waals surface area contributed by atoms with Gasteiger partial charge in [-0.05, 0) is 37.6 Å². The van der Waals surface area contributed by atoms with Crippen LogP contribution in [0, 0.1) is 13.8 Å². The lowest BCUT2D eigenvalue weighted by molar-refractivity contribution is 0.100. The van der Waals surface area contributed by atoms with Crippen molar-refractivity contribution in [3.63, 3.8) is 0 Å². The Bertz CT molecular complexity index is 575. The second-order valence-electron chi connectivity index (χ2n) is 4.08. The molecule has 5 nitrogen and oxygen atoms in total. The molecule has 0 fully saturated rings. The van der Waals surface area contributed by atoms with Gasteiger partial charge in [-0.3, -0.25) is 9.78 Å². The molecule has 1 amide bonds. The van der Waals surface area contributed by atoms with Gasteiger partial charge >= 0.3 is 0 Å². The van der Waals surface area contributed by atoms with E-state index in [2.05, 4.69) is 15.3 Å². The molecule has 0 spiro atoms. The Kier molecular flexibility index (Phi) is 3.23. The van der Waals surface area contributed by atoms with Gasteiger partial charge in [-0.15, -0.1) is 0 Å². The summed E-state index contributed by atoms with van der Waals surface area (Å²) >= 11 is 0. The molecular weight excluding hydrogens is 228 g/mol. The predicted molar refractivity (Wildman–Crippen MR) is 69.7 cm³/mol. The molecule has 0 radical (unpaired) electrons. The maximum Gasteiger partial charge on any atom is 0.252 e. The van der Waals surface area contributed by atoms with Crippen LogP contribution in [0.15, 0.2) is 30.6 Å². The number of amides is 1. The molecule has 2 rings (SSSR count). The number of primary amides is 1. The van der Waals surface area contributed by atoms with Crippen molar-refractivity contribution in [3.05, 3.63) is 47.4 Å². The van der Waals surface area contributed by atoms with Crippen molar-refractivity contribution in [2.75, 3.05) is 5.32 Å². The van der Waals surface area contributed by atoms with Crippen LogP contribution in [0.25, 0.3) is 0 Å². The number of hydrogen-bond acceptors (Lipinski definition) is 4. The number of aryl methyl sites for hydroxylation is 2. The number of aromatic nitrogens is 2. The Labute approximate surface area is 105 Å². The Morgan fingerprint density at radius 1 is 1.33 bits per heavy atom. The van der Waals surface area contributed by atoms with Gasteiger partial charge in [-0.2, -0.15) is 0 Å². The summed E-state index contributed by atoms with van der Waals surface area (Å²) < 4.78 is 0. The number of carbonyl (C=O) groups excluding carboxylic acids is 1. The zero-order valence-corrected chi connectivity index (χ0v) is 10.3. The lowest BCUT2D eigenvalue weighted by Gasteiger charge is -2.10. The first-order valence-electron chi connectivity index (χ1n) is 5.52. The fourth-order valence-electron chi connectivity index (χ4n) is 1.74. The summed E-state index contributed by atoms with van der Waals surface area (Å²) in [5.41, 5.74) is 8.25. The quantitative estimate of drug-likeness (QED) is 0.861. The predicted octanol–water partition coefficient (Wildman–Crippen LogP) is 1.94. The first-order valence-corrected chi connectivity index (χ1v) is 5.52. The van der Waals surface area contributed by atoms with Gasteiger partial charge in [0.25, 0.3) is 5.91 Å². The minimum absolute atomic E-state index is 0.346. The fraction of sp³-hybridized carbons (Fsp3) is 0.154. The molecule has 0 saturated carbocycles. The third kappa shape index (κ3) is 2.63. The Hall–Kier alpha value is -2.43. The van der Waals surface area contributed by atoms with Gasteiger partial charge in [0.05, 0.1) is 11.3 Å². The van der Waals surface area contributed by atoms with Crippen LogP contribution < -0.4 is 11.1 Å². The molecule has 2 aromatic heterocycles. The molecule has 0 aliphatic carbocycles. The van der Waals surface area contributed by atoms with Gasteiger partial charge in [0, 0.05) is 18.1 Å². The zero-order valence-electron chi connectivity index (χ0n) is 10.3. The lowest BCUT2D eigenvalue weighted by Crippen LogP contribution is -2.13. The van der Waals surface area contributed by atoms with Gasteiger partial charge in [-0.1, -0.05) is 0 Å². The monoisotopic (exact) mass is 242 g/mol. The number of pyridine rings is 2. The van der Waals surface area contributed by atoms with E-state index in [-0.39, 0.29) is 0 Å². The average Bonchev–Trinajstić information content (AvgIpc) is 2.27. The molecule has 0 bridgehead atoms. The normalized spacial score (nSPS) is 10.1. The average molecular weight is 242 g/mol. The Balaban J connectivity index is 2.37. The number of carbonyl (C=O) groups is 1. The lowest BCUT2D eigenvalue weighted by atomic mass is 10.2. The van der Waals surface area contributed by atoms with Gasteiger partial charge in [0.2, 0.25) is 0 Å². The third-order valence-corrected chi connectivity index (χ3v) is 2.45. The highest BCUT2D eigenvalue weighted by Gasteiger charge is 2.08. The SMILES string of the molecule is Cc1cc(C)nc(Nc2ccncc2C(N)=O)c1. The van der Waals surface area contributed by atoms with Crippen molar-refractivity contribution in [2.24, 2.45) is 5.73 Å². The summed E-state index contributed by atoms with van der Waals surface area (Å²) in [5, 5.41) is 3.08. The highest BCUT2D eigenvalue weighted by atomic mass is 16.1. The molecule has 0 aliphatic rings. The second kappa shape index (κ2) is 4.83. The zero-order chi connectivity index (χ0) is 13.1. The number of nitrogens with one attached hydrogen (secondary N) is 1. The third-order valence-electron chi connectivity index (χ3n) is 2.45. The molecule has 18 heavy (non-hydrogen) atoms. The van der Waals surface area contributed by atoms with Crippen LogP contribution in [-0.4, -0.2) is 15.9 Å². The molecule has 0 aliphatic heterocycles. The minimum Gasteiger partial charge on any atom is -0.365 e. The molecule has 2 heterocycles. The molecule has 0 unspecified atom stereocenters. The van der Waals surface area contributed by atoms with Crippen molar-refractivity contribution in [1.29, 1.82) is 0 Å². The van der Waals surface area contributed by atoms with Crippen molar-refractivity contribution in [2.45, 2.75) is 13.8 Å². The molecule has 0 saturated heterocycles. The van der Waals surface area contributed by atoms with E-state index < -0.39 is 5.91 Å². The smallest absolute Gasteiger partial charge is 0.252 e. The van der Waals surface area contributed by atoms with E-state index in [0.29, 0.717) is 17.1 Å². The maximum absolute atomic E-state index is 11.3. The number of anilines is 2. The summed E-state index contributed by atoms with van der Waals surface area (Å²) in [4.78, 5) is 19.5. The van der Waals surface area contributed by atoms with Crippen LogP contribution in [0.5, 0.6) is 0 Å². The van der Waals surface area contributed by atoms with Crippen LogP contribution in [0.1, 0.15) is 21.6 Å². The largest absolute Gasteiger partial charge is 0.365 e.